The first-order valence-corrected chi connectivity index (χ1v) is 9.46. The number of aliphatic imine (C=N–C) groups is 1. The minimum absolute atomic E-state index is 0.234. The average molecular weight is 379 g/mol. The maximum atomic E-state index is 12.3. The predicted octanol–water partition coefficient (Wildman–Crippen LogP) is 4.95. The van der Waals surface area contributed by atoms with Crippen LogP contribution in [-0.2, 0) is 9.53 Å². The van der Waals surface area contributed by atoms with Gasteiger partial charge in [-0.2, -0.15) is 0 Å². The van der Waals surface area contributed by atoms with E-state index in [9.17, 15) is 4.79 Å². The summed E-state index contributed by atoms with van der Waals surface area (Å²) in [5.74, 6) is 1.48. The summed E-state index contributed by atoms with van der Waals surface area (Å²) in [7, 11) is 1.59. The van der Waals surface area contributed by atoms with E-state index in [1.54, 1.807) is 13.2 Å². The molecular formula is C23H25NO4. The average Bonchev–Trinajstić information content (AvgIpc) is 3.07. The molecule has 0 amide bonds. The Morgan fingerprint density at radius 1 is 1.14 bits per heavy atom. The van der Waals surface area contributed by atoms with Gasteiger partial charge in [0.25, 0.3) is 0 Å². The standard InChI is InChI=1S/C23H25NO4/c1-5-13-27-21-18(7-6-8-20(21)26-4)14-19-23(25)28-22(24-19)17-11-9-16(10-12-17)15(2)3/h6-12,14-15H,5,13H2,1-4H3/b19-14-. The van der Waals surface area contributed by atoms with Crippen molar-refractivity contribution >= 4 is 17.9 Å². The third-order valence-corrected chi connectivity index (χ3v) is 4.42. The Bertz CT molecular complexity index is 911. The SMILES string of the molecule is CCCOc1c(/C=C2\N=C(c3ccc(C(C)C)cc3)OC2=O)cccc1OC. The minimum atomic E-state index is -0.479. The number of rotatable bonds is 7. The summed E-state index contributed by atoms with van der Waals surface area (Å²) in [5.41, 5.74) is 2.95. The molecule has 0 saturated heterocycles. The molecule has 146 valence electrons. The smallest absolute Gasteiger partial charge is 0.363 e. The van der Waals surface area contributed by atoms with E-state index in [4.69, 9.17) is 14.2 Å². The number of cyclic esters (lactones) is 1. The number of methoxy groups -OCH3 is 1. The van der Waals surface area contributed by atoms with E-state index in [-0.39, 0.29) is 5.70 Å². The maximum Gasteiger partial charge on any atom is 0.363 e. The molecule has 5 nitrogen and oxygen atoms in total. The molecule has 0 aromatic heterocycles. The fourth-order valence-corrected chi connectivity index (χ4v) is 2.86. The number of nitrogens with zero attached hydrogens (tertiary/aromatic N) is 1. The van der Waals surface area contributed by atoms with Crippen LogP contribution in [0.4, 0.5) is 0 Å². The van der Waals surface area contributed by atoms with Crippen LogP contribution in [-0.4, -0.2) is 25.6 Å². The Labute approximate surface area is 165 Å². The zero-order chi connectivity index (χ0) is 20.1. The number of ether oxygens (including phenoxy) is 3. The maximum absolute atomic E-state index is 12.3. The Balaban J connectivity index is 1.93. The highest BCUT2D eigenvalue weighted by Gasteiger charge is 2.25. The second-order valence-electron chi connectivity index (χ2n) is 6.84. The van der Waals surface area contributed by atoms with Gasteiger partial charge in [0.15, 0.2) is 17.2 Å². The van der Waals surface area contributed by atoms with E-state index in [1.807, 2.05) is 49.4 Å². The number of carbonyl (C=O) groups is 1. The van der Waals surface area contributed by atoms with Gasteiger partial charge < -0.3 is 14.2 Å². The van der Waals surface area contributed by atoms with Crippen molar-refractivity contribution in [2.45, 2.75) is 33.1 Å². The second-order valence-corrected chi connectivity index (χ2v) is 6.84. The summed E-state index contributed by atoms with van der Waals surface area (Å²) < 4.78 is 16.6. The van der Waals surface area contributed by atoms with E-state index < -0.39 is 5.97 Å². The van der Waals surface area contributed by atoms with Crippen LogP contribution in [0.3, 0.4) is 0 Å². The molecule has 5 heteroatoms. The summed E-state index contributed by atoms with van der Waals surface area (Å²) in [6, 6.07) is 13.4. The molecule has 0 N–H and O–H groups in total. The normalized spacial score (nSPS) is 15.0. The summed E-state index contributed by atoms with van der Waals surface area (Å²) in [6.07, 6.45) is 2.54. The first-order chi connectivity index (χ1) is 13.5. The largest absolute Gasteiger partial charge is 0.493 e. The van der Waals surface area contributed by atoms with Gasteiger partial charge in [-0.25, -0.2) is 9.79 Å². The van der Waals surface area contributed by atoms with E-state index in [2.05, 4.69) is 18.8 Å². The minimum Gasteiger partial charge on any atom is -0.493 e. The van der Waals surface area contributed by atoms with Crippen molar-refractivity contribution in [1.29, 1.82) is 0 Å². The van der Waals surface area contributed by atoms with Crippen molar-refractivity contribution in [3.05, 3.63) is 64.9 Å². The summed E-state index contributed by atoms with van der Waals surface area (Å²) in [4.78, 5) is 16.7. The molecule has 0 fully saturated rings. The topological polar surface area (TPSA) is 57.1 Å². The van der Waals surface area contributed by atoms with Crippen LogP contribution in [0.2, 0.25) is 0 Å². The van der Waals surface area contributed by atoms with Crippen LogP contribution in [0.25, 0.3) is 6.08 Å². The number of para-hydroxylation sites is 1. The zero-order valence-corrected chi connectivity index (χ0v) is 16.7. The van der Waals surface area contributed by atoms with E-state index in [0.29, 0.717) is 29.9 Å². The molecule has 0 bridgehead atoms. The lowest BCUT2D eigenvalue weighted by Gasteiger charge is -2.12. The molecule has 0 atom stereocenters. The lowest BCUT2D eigenvalue weighted by Crippen LogP contribution is -2.05. The van der Waals surface area contributed by atoms with Crippen molar-refractivity contribution < 1.29 is 19.0 Å². The predicted molar refractivity (Wildman–Crippen MR) is 110 cm³/mol. The number of carbonyl (C=O) groups excluding carboxylic acids is 1. The third-order valence-electron chi connectivity index (χ3n) is 4.42. The van der Waals surface area contributed by atoms with Crippen molar-refractivity contribution in [3.8, 4) is 11.5 Å². The monoisotopic (exact) mass is 379 g/mol. The molecule has 0 radical (unpaired) electrons. The highest BCUT2D eigenvalue weighted by atomic mass is 16.6. The van der Waals surface area contributed by atoms with Gasteiger partial charge in [-0.15, -0.1) is 0 Å². The van der Waals surface area contributed by atoms with Gasteiger partial charge in [0.05, 0.1) is 13.7 Å². The van der Waals surface area contributed by atoms with Crippen LogP contribution in [0.15, 0.2) is 53.2 Å². The fraction of sp³-hybridized carbons (Fsp3) is 0.304. The molecule has 0 saturated carbocycles. The quantitative estimate of drug-likeness (QED) is 0.504. The molecular weight excluding hydrogens is 354 g/mol. The molecule has 1 aliphatic heterocycles. The van der Waals surface area contributed by atoms with Gasteiger partial charge >= 0.3 is 5.97 Å². The second kappa shape index (κ2) is 8.74. The van der Waals surface area contributed by atoms with Gasteiger partial charge in [-0.3, -0.25) is 0 Å². The number of esters is 1. The Kier molecular flexibility index (Phi) is 6.14. The zero-order valence-electron chi connectivity index (χ0n) is 16.7. The first-order valence-electron chi connectivity index (χ1n) is 9.46. The Hall–Kier alpha value is -3.08. The van der Waals surface area contributed by atoms with Crippen LogP contribution in [0, 0.1) is 0 Å². The highest BCUT2D eigenvalue weighted by Crippen LogP contribution is 2.33. The summed E-state index contributed by atoms with van der Waals surface area (Å²) in [5, 5.41) is 0. The van der Waals surface area contributed by atoms with Crippen LogP contribution >= 0.6 is 0 Å². The molecule has 1 aliphatic rings. The number of hydrogen-bond acceptors (Lipinski definition) is 5. The molecule has 0 aliphatic carbocycles. The molecule has 2 aromatic carbocycles. The van der Waals surface area contributed by atoms with Crippen molar-refractivity contribution in [2.75, 3.05) is 13.7 Å². The number of hydrogen-bond donors (Lipinski definition) is 0. The molecule has 2 aromatic rings. The fourth-order valence-electron chi connectivity index (χ4n) is 2.86. The lowest BCUT2D eigenvalue weighted by molar-refractivity contribution is -0.129. The van der Waals surface area contributed by atoms with Crippen molar-refractivity contribution in [2.24, 2.45) is 4.99 Å². The van der Waals surface area contributed by atoms with Gasteiger partial charge in [0.1, 0.15) is 0 Å². The van der Waals surface area contributed by atoms with Crippen LogP contribution in [0.5, 0.6) is 11.5 Å². The molecule has 28 heavy (non-hydrogen) atoms. The lowest BCUT2D eigenvalue weighted by atomic mass is 10.0. The number of benzene rings is 2. The highest BCUT2D eigenvalue weighted by molar-refractivity contribution is 6.13. The molecule has 0 unspecified atom stereocenters. The summed E-state index contributed by atoms with van der Waals surface area (Å²) in [6.45, 7) is 6.85. The third kappa shape index (κ3) is 4.25. The van der Waals surface area contributed by atoms with E-state index in [0.717, 1.165) is 17.5 Å². The van der Waals surface area contributed by atoms with Crippen molar-refractivity contribution in [3.63, 3.8) is 0 Å². The Morgan fingerprint density at radius 2 is 1.89 bits per heavy atom. The molecule has 1 heterocycles. The van der Waals surface area contributed by atoms with Gasteiger partial charge in [0, 0.05) is 11.1 Å². The molecule has 0 spiro atoms. The van der Waals surface area contributed by atoms with Crippen LogP contribution < -0.4 is 9.47 Å². The molecule has 3 rings (SSSR count). The Morgan fingerprint density at radius 3 is 2.54 bits per heavy atom. The van der Waals surface area contributed by atoms with E-state index in [1.165, 1.54) is 5.56 Å². The van der Waals surface area contributed by atoms with Gasteiger partial charge in [-0.1, -0.05) is 45.0 Å². The van der Waals surface area contributed by atoms with E-state index >= 15 is 0 Å². The van der Waals surface area contributed by atoms with Gasteiger partial charge in [0.2, 0.25) is 5.90 Å². The van der Waals surface area contributed by atoms with Crippen LogP contribution in [0.1, 0.15) is 49.8 Å². The first kappa shape index (κ1) is 19.7. The van der Waals surface area contributed by atoms with Crippen molar-refractivity contribution in [1.82, 2.24) is 0 Å². The van der Waals surface area contributed by atoms with Gasteiger partial charge in [-0.05, 0) is 42.2 Å². The summed E-state index contributed by atoms with van der Waals surface area (Å²) >= 11 is 0.